The van der Waals surface area contributed by atoms with Gasteiger partial charge in [0.1, 0.15) is 0 Å². The van der Waals surface area contributed by atoms with Gasteiger partial charge in [0.15, 0.2) is 5.78 Å². The van der Waals surface area contributed by atoms with Gasteiger partial charge in [-0.3, -0.25) is 9.78 Å². The van der Waals surface area contributed by atoms with Crippen LogP contribution in [0.1, 0.15) is 107 Å². The van der Waals surface area contributed by atoms with Crippen LogP contribution in [0.5, 0.6) is 0 Å². The monoisotopic (exact) mass is 842 g/mol. The van der Waals surface area contributed by atoms with Crippen LogP contribution in [0.4, 0.5) is 0 Å². The fraction of sp³-hybridized carbons (Fsp3) is 0.442. The van der Waals surface area contributed by atoms with Crippen molar-refractivity contribution in [3.05, 3.63) is 89.8 Å². The quantitative estimate of drug-likeness (QED) is 0.0914. The Morgan fingerprint density at radius 2 is 1.48 bits per heavy atom. The number of hydrogen-bond acceptors (Lipinski definition) is 4. The van der Waals surface area contributed by atoms with Gasteiger partial charge in [-0.15, -0.1) is 40.5 Å². The minimum Gasteiger partial charge on any atom is -0.512 e. The number of thiophene rings is 1. The summed E-state index contributed by atoms with van der Waals surface area (Å²) in [5.74, 6) is 0.547. The third kappa shape index (κ3) is 9.23. The summed E-state index contributed by atoms with van der Waals surface area (Å²) >= 11 is 1.81. The van der Waals surface area contributed by atoms with Crippen molar-refractivity contribution >= 4 is 48.1 Å². The molecule has 259 valence electrons. The molecule has 0 spiro atoms. The van der Waals surface area contributed by atoms with Crippen molar-refractivity contribution in [3.8, 4) is 11.3 Å². The minimum absolute atomic E-state index is 0. The molecule has 0 atom stereocenters. The number of allylic oxidation sites excluding steroid dienone is 2. The van der Waals surface area contributed by atoms with E-state index < -0.39 is 0 Å². The van der Waals surface area contributed by atoms with E-state index in [1.54, 1.807) is 0 Å². The molecule has 0 fully saturated rings. The van der Waals surface area contributed by atoms with Crippen LogP contribution >= 0.6 is 11.3 Å². The van der Waals surface area contributed by atoms with Crippen molar-refractivity contribution in [2.75, 3.05) is 0 Å². The molecule has 0 bridgehead atoms. The molecule has 3 nitrogen and oxygen atoms in total. The first kappa shape index (κ1) is 38.0. The molecular weight excluding hydrogens is 787 g/mol. The van der Waals surface area contributed by atoms with Crippen LogP contribution in [-0.4, -0.2) is 15.9 Å². The Morgan fingerprint density at radius 3 is 2.08 bits per heavy atom. The maximum absolute atomic E-state index is 11.7. The number of aromatic nitrogens is 1. The van der Waals surface area contributed by atoms with E-state index >= 15 is 0 Å². The van der Waals surface area contributed by atoms with E-state index in [1.807, 2.05) is 45.1 Å². The topological polar surface area (TPSA) is 50.2 Å². The van der Waals surface area contributed by atoms with Gasteiger partial charge in [-0.05, 0) is 60.0 Å². The van der Waals surface area contributed by atoms with Crippen molar-refractivity contribution in [2.24, 2.45) is 17.3 Å². The Bertz CT molecular complexity index is 1920. The molecule has 0 saturated carbocycles. The van der Waals surface area contributed by atoms with Crippen molar-refractivity contribution in [1.29, 1.82) is 0 Å². The van der Waals surface area contributed by atoms with Crippen LogP contribution in [0.2, 0.25) is 0 Å². The second-order valence-corrected chi connectivity index (χ2v) is 16.0. The van der Waals surface area contributed by atoms with E-state index in [1.165, 1.54) is 32.7 Å². The fourth-order valence-corrected chi connectivity index (χ4v) is 7.67. The molecular formula is C43H54IrNO2S-. The van der Waals surface area contributed by atoms with Gasteiger partial charge < -0.3 is 5.11 Å². The number of hydrogen-bond donors (Lipinski definition) is 1. The molecule has 1 N–H and O–H groups in total. The summed E-state index contributed by atoms with van der Waals surface area (Å²) in [6.45, 7) is 21.7. The van der Waals surface area contributed by atoms with Crippen LogP contribution in [0, 0.1) is 23.3 Å². The summed E-state index contributed by atoms with van der Waals surface area (Å²) in [6, 6.07) is 22.8. The Balaban J connectivity index is 0.000000347. The number of aliphatic hydroxyl groups excluding tert-OH is 1. The van der Waals surface area contributed by atoms with Crippen molar-refractivity contribution in [3.63, 3.8) is 0 Å². The second-order valence-electron chi connectivity index (χ2n) is 15.0. The first-order valence-corrected chi connectivity index (χ1v) is 18.1. The molecule has 0 saturated heterocycles. The van der Waals surface area contributed by atoms with Crippen LogP contribution in [0.3, 0.4) is 0 Å². The largest absolute Gasteiger partial charge is 0.512 e. The molecule has 0 aliphatic heterocycles. The molecule has 5 aromatic rings. The molecule has 5 rings (SSSR count). The molecule has 2 aromatic heterocycles. The number of rotatable bonds is 9. The molecule has 0 amide bonds. The van der Waals surface area contributed by atoms with Gasteiger partial charge in [-0.2, -0.15) is 0 Å². The first-order valence-electron chi connectivity index (χ1n) is 17.8. The molecule has 3 aromatic carbocycles. The van der Waals surface area contributed by atoms with Crippen LogP contribution < -0.4 is 0 Å². The van der Waals surface area contributed by atoms with Crippen molar-refractivity contribution in [2.45, 2.75) is 107 Å². The summed E-state index contributed by atoms with van der Waals surface area (Å²) in [5.41, 5.74) is 4.70. The zero-order chi connectivity index (χ0) is 35.4. The summed E-state index contributed by atoms with van der Waals surface area (Å²) in [6.07, 6.45) is 6.23. The zero-order valence-electron chi connectivity index (χ0n) is 31.5. The molecule has 0 aliphatic carbocycles. The van der Waals surface area contributed by atoms with E-state index in [-0.39, 0.29) is 54.3 Å². The van der Waals surface area contributed by atoms with Gasteiger partial charge in [-0.25, -0.2) is 0 Å². The van der Waals surface area contributed by atoms with E-state index in [0.717, 1.165) is 58.8 Å². The molecule has 2 heterocycles. The first-order chi connectivity index (χ1) is 22.6. The molecule has 0 unspecified atom stereocenters. The Kier molecular flexibility index (Phi) is 13.2. The normalized spacial score (nSPS) is 12.8. The maximum atomic E-state index is 11.7. The smallest absolute Gasteiger partial charge is 0.162 e. The molecule has 0 aliphatic rings. The van der Waals surface area contributed by atoms with E-state index in [0.29, 0.717) is 6.17 Å². The van der Waals surface area contributed by atoms with Gasteiger partial charge >= 0.3 is 0 Å². The number of carbonyl (C=O) groups is 1. The third-order valence-corrected chi connectivity index (χ3v) is 10.4. The standard InChI is InChI=1S/C30H30NS.C13H24O2.Ir/c1-29(2,3)18-20-11-9-13-23-24-14-15-31-26(28(24)32-27(20)23)21-16-19-10-7-8-12-22(19)25(17-21)30(4,5)6;1-5-10(6-2)12(14)9-13(15)11(7-3)8-4;/h7-15,17H,18H2,1-6H3;9-11,14H,5-8H2,1-4H3;/q-1;;/b;12-9-;/i15D;;. The van der Waals surface area contributed by atoms with Gasteiger partial charge in [0, 0.05) is 64.7 Å². The zero-order valence-corrected chi connectivity index (χ0v) is 33.7. The molecule has 48 heavy (non-hydrogen) atoms. The minimum atomic E-state index is -0.0127. The summed E-state index contributed by atoms with van der Waals surface area (Å²) in [7, 11) is 0. The number of carbonyl (C=O) groups excluding carboxylic acids is 1. The Labute approximate surface area is 308 Å². The summed E-state index contributed by atoms with van der Waals surface area (Å²) in [5, 5.41) is 14.4. The van der Waals surface area contributed by atoms with Crippen LogP contribution in [0.25, 0.3) is 42.2 Å². The Hall–Kier alpha value is -2.85. The van der Waals surface area contributed by atoms with E-state index in [9.17, 15) is 9.90 Å². The predicted molar refractivity (Wildman–Crippen MR) is 205 cm³/mol. The number of nitrogens with zero attached hydrogens (tertiary/aromatic N) is 1. The van der Waals surface area contributed by atoms with Gasteiger partial charge in [0.05, 0.1) is 7.13 Å². The fourth-order valence-electron chi connectivity index (χ4n) is 6.38. The van der Waals surface area contributed by atoms with Gasteiger partial charge in [-0.1, -0.05) is 117 Å². The molecule has 1 radical (unpaired) electrons. The van der Waals surface area contributed by atoms with E-state index in [4.69, 9.17) is 6.35 Å². The Morgan fingerprint density at radius 1 is 0.875 bits per heavy atom. The number of benzene rings is 3. The maximum Gasteiger partial charge on any atom is 0.162 e. The average molecular weight is 842 g/mol. The number of fused-ring (bicyclic) bond motifs is 4. The average Bonchev–Trinajstić information content (AvgIpc) is 3.40. The number of ketones is 1. The van der Waals surface area contributed by atoms with Crippen molar-refractivity contribution in [1.82, 2.24) is 4.98 Å². The predicted octanol–water partition coefficient (Wildman–Crippen LogP) is 12.8. The van der Waals surface area contributed by atoms with Crippen LogP contribution in [0.15, 0.2) is 72.6 Å². The second kappa shape index (κ2) is 16.7. The third-order valence-electron chi connectivity index (χ3n) is 9.08. The van der Waals surface area contributed by atoms with E-state index in [2.05, 4.69) is 96.1 Å². The summed E-state index contributed by atoms with van der Waals surface area (Å²) in [4.78, 5) is 16.5. The van der Waals surface area contributed by atoms with Gasteiger partial charge in [0.2, 0.25) is 0 Å². The van der Waals surface area contributed by atoms with Crippen LogP contribution in [-0.2, 0) is 36.7 Å². The molecule has 5 heteroatoms. The summed E-state index contributed by atoms with van der Waals surface area (Å²) < 4.78 is 11.0. The number of pyridine rings is 1. The SMILES string of the molecule is CCC(CC)C(=O)/C=C(\O)C(CC)CC.[2H]c1cc2c(sc3c(CC(C)(C)C)cccc32)c(-c2[c-]c3ccccc3c(C(C)(C)C)c2)n1.[Ir]. The van der Waals surface area contributed by atoms with Crippen molar-refractivity contribution < 1.29 is 31.4 Å². The number of aliphatic hydroxyl groups is 1. The van der Waals surface area contributed by atoms with Gasteiger partial charge in [0.25, 0.3) is 0 Å².